The lowest BCUT2D eigenvalue weighted by Gasteiger charge is -2.22. The minimum atomic E-state index is -0.202. The molecule has 0 amide bonds. The molecule has 0 saturated heterocycles. The van der Waals surface area contributed by atoms with Crippen molar-refractivity contribution < 1.29 is 5.11 Å². The van der Waals surface area contributed by atoms with Gasteiger partial charge in [-0.05, 0) is 17.5 Å². The summed E-state index contributed by atoms with van der Waals surface area (Å²) in [6.45, 7) is 5.93. The maximum absolute atomic E-state index is 9.61. The number of rotatable bonds is 0. The second-order valence-electron chi connectivity index (χ2n) is 4.01. The predicted molar refractivity (Wildman–Crippen MR) is 56.8 cm³/mol. The predicted octanol–water partition coefficient (Wildman–Crippen LogP) is 4.00. The molecule has 3 heteroatoms. The van der Waals surface area contributed by atoms with Gasteiger partial charge in [-0.1, -0.05) is 44.0 Å². The molecule has 72 valence electrons. The van der Waals surface area contributed by atoms with E-state index in [-0.39, 0.29) is 11.2 Å². The minimum Gasteiger partial charge on any atom is -0.508 e. The third-order valence-corrected chi connectivity index (χ3v) is 2.63. The molecule has 0 bridgehead atoms. The maximum Gasteiger partial charge on any atom is 0.120 e. The zero-order chi connectivity index (χ0) is 10.2. The summed E-state index contributed by atoms with van der Waals surface area (Å²) in [6, 6.07) is 3.16. The zero-order valence-corrected chi connectivity index (χ0v) is 9.37. The van der Waals surface area contributed by atoms with Gasteiger partial charge in [0.2, 0.25) is 0 Å². The van der Waals surface area contributed by atoms with Gasteiger partial charge in [-0.2, -0.15) is 0 Å². The van der Waals surface area contributed by atoms with Crippen molar-refractivity contribution in [3.05, 3.63) is 27.7 Å². The molecule has 0 spiro atoms. The number of benzene rings is 1. The average Bonchev–Trinajstić information content (AvgIpc) is 1.95. The Labute approximate surface area is 88.3 Å². The van der Waals surface area contributed by atoms with Gasteiger partial charge in [0.05, 0.1) is 10.0 Å². The Kier molecular flexibility index (Phi) is 2.79. The van der Waals surface area contributed by atoms with Crippen LogP contribution in [0.15, 0.2) is 12.1 Å². The zero-order valence-electron chi connectivity index (χ0n) is 7.86. The van der Waals surface area contributed by atoms with Crippen LogP contribution in [0.2, 0.25) is 10.0 Å². The van der Waals surface area contributed by atoms with E-state index in [9.17, 15) is 5.11 Å². The van der Waals surface area contributed by atoms with Crippen molar-refractivity contribution in [3.63, 3.8) is 0 Å². The van der Waals surface area contributed by atoms with Gasteiger partial charge in [0.25, 0.3) is 0 Å². The molecule has 0 aliphatic heterocycles. The van der Waals surface area contributed by atoms with Gasteiger partial charge in [-0.25, -0.2) is 0 Å². The van der Waals surface area contributed by atoms with Crippen LogP contribution in [0.5, 0.6) is 5.75 Å². The molecule has 0 unspecified atom stereocenters. The molecule has 1 aromatic carbocycles. The Morgan fingerprint density at radius 1 is 1.15 bits per heavy atom. The fourth-order valence-corrected chi connectivity index (χ4v) is 1.85. The van der Waals surface area contributed by atoms with Crippen LogP contribution in [0.4, 0.5) is 0 Å². The van der Waals surface area contributed by atoms with Crippen LogP contribution in [-0.4, -0.2) is 5.11 Å². The Morgan fingerprint density at radius 2 is 1.69 bits per heavy atom. The number of aromatic hydroxyl groups is 1. The summed E-state index contributed by atoms with van der Waals surface area (Å²) in [7, 11) is 0. The summed E-state index contributed by atoms with van der Waals surface area (Å²) in [5.41, 5.74) is 0.494. The first-order valence-corrected chi connectivity index (χ1v) is 4.77. The van der Waals surface area contributed by atoms with E-state index in [2.05, 4.69) is 0 Å². The molecule has 0 heterocycles. The first kappa shape index (κ1) is 10.7. The van der Waals surface area contributed by atoms with Crippen molar-refractivity contribution in [2.45, 2.75) is 26.2 Å². The summed E-state index contributed by atoms with van der Waals surface area (Å²) >= 11 is 11.8. The molecule has 0 aromatic heterocycles. The third-order valence-electron chi connectivity index (χ3n) is 1.82. The van der Waals surface area contributed by atoms with Gasteiger partial charge in [-0.15, -0.1) is 0 Å². The average molecular weight is 219 g/mol. The smallest absolute Gasteiger partial charge is 0.120 e. The van der Waals surface area contributed by atoms with E-state index < -0.39 is 0 Å². The first-order valence-electron chi connectivity index (χ1n) is 4.01. The number of hydrogen-bond acceptors (Lipinski definition) is 1. The molecule has 1 nitrogen and oxygen atoms in total. The van der Waals surface area contributed by atoms with Crippen molar-refractivity contribution in [3.8, 4) is 5.75 Å². The number of phenolic OH excluding ortho intramolecular Hbond substituents is 1. The monoisotopic (exact) mass is 218 g/mol. The van der Waals surface area contributed by atoms with Crippen molar-refractivity contribution in [2.24, 2.45) is 0 Å². The molecule has 13 heavy (non-hydrogen) atoms. The largest absolute Gasteiger partial charge is 0.508 e. The number of hydrogen-bond donors (Lipinski definition) is 1. The second kappa shape index (κ2) is 3.39. The number of halogens is 2. The highest BCUT2D eigenvalue weighted by molar-refractivity contribution is 6.42. The summed E-state index contributed by atoms with van der Waals surface area (Å²) < 4.78 is 0. The van der Waals surface area contributed by atoms with Gasteiger partial charge >= 0.3 is 0 Å². The topological polar surface area (TPSA) is 20.2 Å². The van der Waals surface area contributed by atoms with Crippen LogP contribution < -0.4 is 0 Å². The first-order chi connectivity index (χ1) is 5.84. The maximum atomic E-state index is 9.61. The van der Waals surface area contributed by atoms with Crippen LogP contribution in [0.25, 0.3) is 0 Å². The lowest BCUT2D eigenvalue weighted by Crippen LogP contribution is -2.12. The molecular weight excluding hydrogens is 207 g/mol. The van der Waals surface area contributed by atoms with Crippen LogP contribution in [-0.2, 0) is 5.41 Å². The highest BCUT2D eigenvalue weighted by Crippen LogP contribution is 2.39. The standard InChI is InChI=1S/C10H12Cl2O/c1-10(2,3)8-7(13)5-4-6(11)9(8)12/h4-5,13H,1-3H3. The Morgan fingerprint density at radius 3 is 2.08 bits per heavy atom. The second-order valence-corrected chi connectivity index (χ2v) is 4.79. The molecule has 0 fully saturated rings. The fraction of sp³-hybridized carbons (Fsp3) is 0.400. The van der Waals surface area contributed by atoms with Gasteiger partial charge in [0, 0.05) is 5.56 Å². The summed E-state index contributed by atoms with van der Waals surface area (Å²) in [5.74, 6) is 0.196. The van der Waals surface area contributed by atoms with Crippen molar-refractivity contribution in [1.82, 2.24) is 0 Å². The Balaban J connectivity index is 3.43. The van der Waals surface area contributed by atoms with Gasteiger partial charge in [-0.3, -0.25) is 0 Å². The Bertz CT molecular complexity index is 326. The van der Waals surface area contributed by atoms with Crippen molar-refractivity contribution >= 4 is 23.2 Å². The minimum absolute atomic E-state index is 0.196. The SMILES string of the molecule is CC(C)(C)c1c(O)ccc(Cl)c1Cl. The normalized spacial score (nSPS) is 11.8. The summed E-state index contributed by atoms with van der Waals surface area (Å²) in [4.78, 5) is 0. The van der Waals surface area contributed by atoms with Crippen molar-refractivity contribution in [1.29, 1.82) is 0 Å². The molecule has 0 saturated carbocycles. The van der Waals surface area contributed by atoms with E-state index in [0.717, 1.165) is 0 Å². The number of phenols is 1. The fourth-order valence-electron chi connectivity index (χ4n) is 1.25. The van der Waals surface area contributed by atoms with Crippen LogP contribution in [0, 0.1) is 0 Å². The highest BCUT2D eigenvalue weighted by atomic mass is 35.5. The lowest BCUT2D eigenvalue weighted by atomic mass is 9.86. The van der Waals surface area contributed by atoms with Crippen LogP contribution in [0.1, 0.15) is 26.3 Å². The third kappa shape index (κ3) is 2.09. The molecule has 0 aliphatic carbocycles. The quantitative estimate of drug-likeness (QED) is 0.699. The molecule has 0 aliphatic rings. The van der Waals surface area contributed by atoms with Gasteiger partial charge < -0.3 is 5.11 Å². The molecule has 0 radical (unpaired) electrons. The molecule has 1 aromatic rings. The van der Waals surface area contributed by atoms with E-state index in [1.54, 1.807) is 12.1 Å². The molecular formula is C10H12Cl2O. The van der Waals surface area contributed by atoms with Crippen LogP contribution >= 0.6 is 23.2 Å². The van der Waals surface area contributed by atoms with E-state index in [0.29, 0.717) is 15.6 Å². The van der Waals surface area contributed by atoms with Gasteiger partial charge in [0.15, 0.2) is 0 Å². The van der Waals surface area contributed by atoms with Gasteiger partial charge in [0.1, 0.15) is 5.75 Å². The summed E-state index contributed by atoms with van der Waals surface area (Å²) in [5, 5.41) is 10.5. The van der Waals surface area contributed by atoms with E-state index in [1.165, 1.54) is 0 Å². The molecule has 0 atom stereocenters. The van der Waals surface area contributed by atoms with Crippen LogP contribution in [0.3, 0.4) is 0 Å². The highest BCUT2D eigenvalue weighted by Gasteiger charge is 2.22. The summed E-state index contributed by atoms with van der Waals surface area (Å²) in [6.07, 6.45) is 0. The molecule has 1 rings (SSSR count). The Hall–Kier alpha value is -0.400. The molecule has 1 N–H and O–H groups in total. The lowest BCUT2D eigenvalue weighted by molar-refractivity contribution is 0.447. The van der Waals surface area contributed by atoms with E-state index >= 15 is 0 Å². The van der Waals surface area contributed by atoms with Crippen molar-refractivity contribution in [2.75, 3.05) is 0 Å². The van der Waals surface area contributed by atoms with E-state index in [4.69, 9.17) is 23.2 Å². The van der Waals surface area contributed by atoms with E-state index in [1.807, 2.05) is 20.8 Å².